The number of nitrogens with zero attached hydrogens (tertiary/aromatic N) is 2. The molecule has 1 atom stereocenters. The Morgan fingerprint density at radius 3 is 2.42 bits per heavy atom. The van der Waals surface area contributed by atoms with Crippen LogP contribution in [0, 0.1) is 5.92 Å². The van der Waals surface area contributed by atoms with Crippen LogP contribution in [-0.4, -0.2) is 61.9 Å². The number of rotatable bonds is 6. The molecule has 2 N–H and O–H groups in total. The lowest BCUT2D eigenvalue weighted by atomic mass is 10.1. The summed E-state index contributed by atoms with van der Waals surface area (Å²) < 4.78 is 11.3. The predicted molar refractivity (Wildman–Crippen MR) is 119 cm³/mol. The number of aliphatic hydroxyl groups is 1. The van der Waals surface area contributed by atoms with Gasteiger partial charge in [-0.25, -0.2) is 0 Å². The second kappa shape index (κ2) is 8.77. The molecule has 2 aliphatic heterocycles. The molecular formula is C24H29N3O4. The van der Waals surface area contributed by atoms with E-state index in [-0.39, 0.29) is 11.8 Å². The van der Waals surface area contributed by atoms with Crippen molar-refractivity contribution in [3.05, 3.63) is 48.0 Å². The minimum atomic E-state index is -0.547. The maximum Gasteiger partial charge on any atom is 0.227 e. The van der Waals surface area contributed by atoms with Crippen molar-refractivity contribution >= 4 is 17.3 Å². The quantitative estimate of drug-likeness (QED) is 0.744. The monoisotopic (exact) mass is 423 g/mol. The standard InChI is InChI=1S/C24H29N3O4/c28-21(17-3-5-19(6-4-17)25-24(29)18-1-2-18)16-26-9-11-27(12-10-26)20-7-8-22-23(15-20)31-14-13-30-22/h3-8,15,18,21,28H,1-2,9-14,16H2,(H,25,29)/t21-/m0/s1. The smallest absolute Gasteiger partial charge is 0.227 e. The van der Waals surface area contributed by atoms with Crippen molar-refractivity contribution in [2.75, 3.05) is 56.2 Å². The number of nitrogens with one attached hydrogen (secondary N) is 1. The molecule has 2 heterocycles. The number of benzene rings is 2. The molecule has 3 aliphatic rings. The Kier molecular flexibility index (Phi) is 5.70. The van der Waals surface area contributed by atoms with Crippen molar-refractivity contribution in [2.45, 2.75) is 18.9 Å². The molecule has 31 heavy (non-hydrogen) atoms. The Labute approximate surface area is 182 Å². The Morgan fingerprint density at radius 1 is 1.00 bits per heavy atom. The topological polar surface area (TPSA) is 74.3 Å². The Hall–Kier alpha value is -2.77. The summed E-state index contributed by atoms with van der Waals surface area (Å²) >= 11 is 0. The van der Waals surface area contributed by atoms with Crippen molar-refractivity contribution in [3.8, 4) is 11.5 Å². The Bertz CT molecular complexity index is 921. The lowest BCUT2D eigenvalue weighted by Crippen LogP contribution is -2.47. The first-order valence-corrected chi connectivity index (χ1v) is 11.1. The number of anilines is 2. The van der Waals surface area contributed by atoms with E-state index in [1.54, 1.807) is 0 Å². The maximum absolute atomic E-state index is 11.9. The molecule has 2 fully saturated rings. The van der Waals surface area contributed by atoms with Gasteiger partial charge >= 0.3 is 0 Å². The second-order valence-electron chi connectivity index (χ2n) is 8.52. The van der Waals surface area contributed by atoms with E-state index in [1.165, 1.54) is 0 Å². The molecule has 164 valence electrons. The first kappa shape index (κ1) is 20.2. The largest absolute Gasteiger partial charge is 0.486 e. The molecule has 5 rings (SSSR count). The van der Waals surface area contributed by atoms with Crippen LogP contribution >= 0.6 is 0 Å². The van der Waals surface area contributed by atoms with Crippen LogP contribution in [0.3, 0.4) is 0 Å². The third-order valence-electron chi connectivity index (χ3n) is 6.21. The van der Waals surface area contributed by atoms with Crippen molar-refractivity contribution in [1.29, 1.82) is 0 Å². The zero-order valence-electron chi connectivity index (χ0n) is 17.6. The molecule has 0 bridgehead atoms. The van der Waals surface area contributed by atoms with Crippen molar-refractivity contribution in [2.24, 2.45) is 5.92 Å². The number of carbonyl (C=O) groups is 1. The van der Waals surface area contributed by atoms with Crippen molar-refractivity contribution in [1.82, 2.24) is 4.90 Å². The van der Waals surface area contributed by atoms with Crippen LogP contribution in [-0.2, 0) is 4.79 Å². The van der Waals surface area contributed by atoms with E-state index < -0.39 is 6.10 Å². The third kappa shape index (κ3) is 4.78. The summed E-state index contributed by atoms with van der Waals surface area (Å²) in [4.78, 5) is 16.5. The average Bonchev–Trinajstić information content (AvgIpc) is 3.65. The molecule has 0 aromatic heterocycles. The lowest BCUT2D eigenvalue weighted by molar-refractivity contribution is -0.117. The van der Waals surface area contributed by atoms with Crippen LogP contribution in [0.4, 0.5) is 11.4 Å². The van der Waals surface area contributed by atoms with Crippen LogP contribution in [0.1, 0.15) is 24.5 Å². The number of piperazine rings is 1. The molecule has 1 saturated heterocycles. The van der Waals surface area contributed by atoms with E-state index in [1.807, 2.05) is 30.3 Å². The highest BCUT2D eigenvalue weighted by Crippen LogP contribution is 2.34. The number of β-amino-alcohol motifs (C(OH)–C–C–N with tert-alkyl or cyclic N) is 1. The molecule has 1 aliphatic carbocycles. The van der Waals surface area contributed by atoms with E-state index in [0.717, 1.165) is 67.5 Å². The fraction of sp³-hybridized carbons (Fsp3) is 0.458. The minimum absolute atomic E-state index is 0.101. The van der Waals surface area contributed by atoms with Crippen LogP contribution < -0.4 is 19.7 Å². The average molecular weight is 424 g/mol. The highest BCUT2D eigenvalue weighted by molar-refractivity contribution is 5.94. The number of hydrogen-bond acceptors (Lipinski definition) is 6. The van der Waals surface area contributed by atoms with Gasteiger partial charge in [-0.1, -0.05) is 12.1 Å². The van der Waals surface area contributed by atoms with Gasteiger partial charge in [-0.15, -0.1) is 0 Å². The van der Waals surface area contributed by atoms with Gasteiger partial charge in [-0.2, -0.15) is 0 Å². The van der Waals surface area contributed by atoms with E-state index in [0.29, 0.717) is 19.8 Å². The van der Waals surface area contributed by atoms with E-state index in [2.05, 4.69) is 27.2 Å². The number of hydrogen-bond donors (Lipinski definition) is 2. The molecule has 0 unspecified atom stereocenters. The summed E-state index contributed by atoms with van der Waals surface area (Å²) in [5, 5.41) is 13.6. The summed E-state index contributed by atoms with van der Waals surface area (Å²) in [7, 11) is 0. The fourth-order valence-corrected chi connectivity index (χ4v) is 4.15. The first-order valence-electron chi connectivity index (χ1n) is 11.1. The molecule has 1 amide bonds. The second-order valence-corrected chi connectivity index (χ2v) is 8.52. The Balaban J connectivity index is 1.12. The van der Waals surface area contributed by atoms with Crippen LogP contribution in [0.2, 0.25) is 0 Å². The molecular weight excluding hydrogens is 394 g/mol. The molecule has 7 nitrogen and oxygen atoms in total. The van der Waals surface area contributed by atoms with Gasteiger partial charge in [0.05, 0.1) is 6.10 Å². The van der Waals surface area contributed by atoms with Gasteiger partial charge < -0.3 is 24.8 Å². The van der Waals surface area contributed by atoms with E-state index >= 15 is 0 Å². The van der Waals surface area contributed by atoms with Gasteiger partial charge in [0.2, 0.25) is 5.91 Å². The summed E-state index contributed by atoms with van der Waals surface area (Å²) in [5.41, 5.74) is 2.81. The summed E-state index contributed by atoms with van der Waals surface area (Å²) in [6.07, 6.45) is 1.43. The highest BCUT2D eigenvalue weighted by Gasteiger charge is 2.29. The van der Waals surface area contributed by atoms with Crippen LogP contribution in [0.5, 0.6) is 11.5 Å². The summed E-state index contributed by atoms with van der Waals surface area (Å²) in [6.45, 7) is 5.38. The Morgan fingerprint density at radius 2 is 1.71 bits per heavy atom. The van der Waals surface area contributed by atoms with Gasteiger partial charge in [-0.05, 0) is 42.7 Å². The van der Waals surface area contributed by atoms with Crippen molar-refractivity contribution < 1.29 is 19.4 Å². The molecule has 7 heteroatoms. The van der Waals surface area contributed by atoms with Gasteiger partial charge in [0.1, 0.15) is 13.2 Å². The summed E-state index contributed by atoms with van der Waals surface area (Å²) in [5.74, 6) is 1.92. The number of carbonyl (C=O) groups excluding carboxylic acids is 1. The van der Waals surface area contributed by atoms with Gasteiger partial charge in [-0.3, -0.25) is 9.69 Å². The van der Waals surface area contributed by atoms with Gasteiger partial charge in [0.15, 0.2) is 11.5 Å². The SMILES string of the molecule is O=C(Nc1ccc([C@@H](O)CN2CCN(c3ccc4c(c3)OCCO4)CC2)cc1)C1CC1. The molecule has 0 spiro atoms. The normalized spacial score (nSPS) is 19.7. The molecule has 0 radical (unpaired) electrons. The van der Waals surface area contributed by atoms with Gasteiger partial charge in [0, 0.05) is 56.1 Å². The van der Waals surface area contributed by atoms with Gasteiger partial charge in [0.25, 0.3) is 0 Å². The molecule has 2 aromatic rings. The molecule has 1 saturated carbocycles. The minimum Gasteiger partial charge on any atom is -0.486 e. The van der Waals surface area contributed by atoms with Crippen LogP contribution in [0.15, 0.2) is 42.5 Å². The number of aliphatic hydroxyl groups excluding tert-OH is 1. The number of fused-ring (bicyclic) bond motifs is 1. The highest BCUT2D eigenvalue weighted by atomic mass is 16.6. The summed E-state index contributed by atoms with van der Waals surface area (Å²) in [6, 6.07) is 13.7. The zero-order chi connectivity index (χ0) is 21.2. The first-order chi connectivity index (χ1) is 15.2. The lowest BCUT2D eigenvalue weighted by Gasteiger charge is -2.37. The van der Waals surface area contributed by atoms with Crippen LogP contribution in [0.25, 0.3) is 0 Å². The maximum atomic E-state index is 11.9. The number of amides is 1. The van der Waals surface area contributed by atoms with E-state index in [9.17, 15) is 9.90 Å². The predicted octanol–water partition coefficient (Wildman–Crippen LogP) is 2.66. The van der Waals surface area contributed by atoms with E-state index in [4.69, 9.17) is 9.47 Å². The van der Waals surface area contributed by atoms with Crippen molar-refractivity contribution in [3.63, 3.8) is 0 Å². The molecule has 2 aromatic carbocycles. The fourth-order valence-electron chi connectivity index (χ4n) is 4.15. The third-order valence-corrected chi connectivity index (χ3v) is 6.21. The number of ether oxygens (including phenoxy) is 2. The zero-order valence-corrected chi connectivity index (χ0v) is 17.6.